The van der Waals surface area contributed by atoms with Crippen LogP contribution in [0.1, 0.15) is 31.4 Å². The van der Waals surface area contributed by atoms with Crippen molar-refractivity contribution in [1.82, 2.24) is 4.90 Å². The van der Waals surface area contributed by atoms with E-state index < -0.39 is 11.2 Å². The minimum atomic E-state index is -0.734. The number of nitrogens with zero attached hydrogens (tertiary/aromatic N) is 1. The fraction of sp³-hybridized carbons (Fsp3) is 0.375. The van der Waals surface area contributed by atoms with E-state index in [1.807, 2.05) is 0 Å². The predicted octanol–water partition coefficient (Wildman–Crippen LogP) is 1.45. The monoisotopic (exact) mass is 289 g/mol. The third-order valence-corrected chi connectivity index (χ3v) is 3.40. The fourth-order valence-corrected chi connectivity index (χ4v) is 2.27. The topological polar surface area (TPSA) is 57.6 Å². The molecule has 1 fully saturated rings. The first-order chi connectivity index (χ1) is 9.85. The van der Waals surface area contributed by atoms with Crippen molar-refractivity contribution in [3.05, 3.63) is 35.1 Å². The second-order valence-electron chi connectivity index (χ2n) is 5.61. The van der Waals surface area contributed by atoms with E-state index in [1.165, 1.54) is 18.2 Å². The lowest BCUT2D eigenvalue weighted by atomic mass is 9.92. The number of imide groups is 1. The zero-order chi connectivity index (χ0) is 15.6. The Bertz CT molecular complexity index is 655. The molecular weight excluding hydrogens is 273 g/mol. The Hall–Kier alpha value is -2.19. The highest BCUT2D eigenvalue weighted by Gasteiger charge is 2.44. The van der Waals surface area contributed by atoms with Crippen LogP contribution in [0.2, 0.25) is 0 Å². The van der Waals surface area contributed by atoms with Crippen molar-refractivity contribution in [3.8, 4) is 11.8 Å². The summed E-state index contributed by atoms with van der Waals surface area (Å²) in [6.07, 6.45) is 0.136. The summed E-state index contributed by atoms with van der Waals surface area (Å²) in [7, 11) is 0. The molecule has 1 aliphatic heterocycles. The van der Waals surface area contributed by atoms with E-state index in [9.17, 15) is 14.0 Å². The molecule has 1 saturated heterocycles. The summed E-state index contributed by atoms with van der Waals surface area (Å²) in [4.78, 5) is 25.1. The summed E-state index contributed by atoms with van der Waals surface area (Å²) in [6.45, 7) is 3.02. The lowest BCUT2D eigenvalue weighted by Gasteiger charge is -2.18. The zero-order valence-electron chi connectivity index (χ0n) is 11.9. The molecule has 0 atom stereocenters. The number of carbonyl (C=O) groups excluding carboxylic acids is 2. The van der Waals surface area contributed by atoms with Crippen molar-refractivity contribution in [2.24, 2.45) is 5.41 Å². The molecule has 1 heterocycles. The molecule has 4 nitrogen and oxygen atoms in total. The molecule has 0 aromatic heterocycles. The van der Waals surface area contributed by atoms with Crippen molar-refractivity contribution < 1.29 is 19.1 Å². The number of hydrogen-bond acceptors (Lipinski definition) is 3. The Morgan fingerprint density at radius 1 is 1.38 bits per heavy atom. The Morgan fingerprint density at radius 3 is 2.67 bits per heavy atom. The molecule has 1 N–H and O–H groups in total. The van der Waals surface area contributed by atoms with E-state index in [1.54, 1.807) is 13.8 Å². The maximum absolute atomic E-state index is 13.8. The van der Waals surface area contributed by atoms with Crippen molar-refractivity contribution in [1.29, 1.82) is 0 Å². The number of carbonyl (C=O) groups is 2. The van der Waals surface area contributed by atoms with Gasteiger partial charge in [0, 0.05) is 17.5 Å². The van der Waals surface area contributed by atoms with Gasteiger partial charge in [0.25, 0.3) is 0 Å². The molecule has 0 unspecified atom stereocenters. The molecular formula is C16H16FNO3. The van der Waals surface area contributed by atoms with E-state index in [0.717, 1.165) is 4.90 Å². The zero-order valence-corrected chi connectivity index (χ0v) is 11.9. The second-order valence-corrected chi connectivity index (χ2v) is 5.61. The van der Waals surface area contributed by atoms with Gasteiger partial charge in [0.05, 0.1) is 12.0 Å². The van der Waals surface area contributed by atoms with Crippen LogP contribution >= 0.6 is 0 Å². The van der Waals surface area contributed by atoms with E-state index >= 15 is 0 Å². The predicted molar refractivity (Wildman–Crippen MR) is 74.3 cm³/mol. The average molecular weight is 289 g/mol. The Kier molecular flexibility index (Phi) is 4.10. The van der Waals surface area contributed by atoms with Crippen LogP contribution in [-0.4, -0.2) is 28.4 Å². The largest absolute Gasteiger partial charge is 0.384 e. The first kappa shape index (κ1) is 15.2. The summed E-state index contributed by atoms with van der Waals surface area (Å²) >= 11 is 0. The SMILES string of the molecule is CC1(C)CC(=O)N(Cc2cc(C#CCO)ccc2F)C1=O. The number of likely N-dealkylation sites (tertiary alicyclic amines) is 1. The Balaban J connectivity index is 2.27. The Morgan fingerprint density at radius 2 is 2.10 bits per heavy atom. The summed E-state index contributed by atoms with van der Waals surface area (Å²) in [6, 6.07) is 4.22. The van der Waals surface area contributed by atoms with E-state index in [4.69, 9.17) is 5.11 Å². The van der Waals surface area contributed by atoms with Gasteiger partial charge in [-0.2, -0.15) is 0 Å². The third kappa shape index (κ3) is 3.11. The number of aliphatic hydroxyl groups excluding tert-OH is 1. The number of amides is 2. The molecule has 0 saturated carbocycles. The second kappa shape index (κ2) is 5.66. The van der Waals surface area contributed by atoms with Gasteiger partial charge in [-0.05, 0) is 18.2 Å². The third-order valence-electron chi connectivity index (χ3n) is 3.40. The molecule has 0 aliphatic carbocycles. The molecule has 1 aromatic rings. The summed E-state index contributed by atoms with van der Waals surface area (Å²) in [5.74, 6) is 4.06. The van der Waals surface area contributed by atoms with Gasteiger partial charge in [-0.3, -0.25) is 14.5 Å². The van der Waals surface area contributed by atoms with Gasteiger partial charge in [-0.1, -0.05) is 25.7 Å². The highest BCUT2D eigenvalue weighted by molar-refractivity contribution is 6.05. The smallest absolute Gasteiger partial charge is 0.235 e. The normalized spacial score (nSPS) is 16.9. The molecule has 0 spiro atoms. The summed E-state index contributed by atoms with van der Waals surface area (Å²) < 4.78 is 13.8. The van der Waals surface area contributed by atoms with Crippen molar-refractivity contribution in [3.63, 3.8) is 0 Å². The van der Waals surface area contributed by atoms with Crippen LogP contribution in [0.3, 0.4) is 0 Å². The highest BCUT2D eigenvalue weighted by Crippen LogP contribution is 2.32. The number of rotatable bonds is 2. The Labute approximate surface area is 122 Å². The van der Waals surface area contributed by atoms with E-state index in [0.29, 0.717) is 5.56 Å². The number of benzene rings is 1. The van der Waals surface area contributed by atoms with Crippen LogP contribution in [0.4, 0.5) is 4.39 Å². The summed E-state index contributed by atoms with van der Waals surface area (Å²) in [5, 5.41) is 8.66. The lowest BCUT2D eigenvalue weighted by molar-refractivity contribution is -0.141. The molecule has 110 valence electrons. The van der Waals surface area contributed by atoms with Gasteiger partial charge < -0.3 is 5.11 Å². The van der Waals surface area contributed by atoms with Crippen LogP contribution in [0.15, 0.2) is 18.2 Å². The molecule has 1 aromatic carbocycles. The fourth-order valence-electron chi connectivity index (χ4n) is 2.27. The van der Waals surface area contributed by atoms with Gasteiger partial charge >= 0.3 is 0 Å². The minimum absolute atomic E-state index is 0.0957. The minimum Gasteiger partial charge on any atom is -0.384 e. The first-order valence-electron chi connectivity index (χ1n) is 6.58. The maximum Gasteiger partial charge on any atom is 0.235 e. The van der Waals surface area contributed by atoms with Gasteiger partial charge in [-0.25, -0.2) is 4.39 Å². The molecule has 0 radical (unpaired) electrons. The van der Waals surface area contributed by atoms with Crippen LogP contribution in [-0.2, 0) is 16.1 Å². The van der Waals surface area contributed by atoms with Crippen molar-refractivity contribution >= 4 is 11.8 Å². The van der Waals surface area contributed by atoms with Crippen molar-refractivity contribution in [2.45, 2.75) is 26.8 Å². The summed E-state index contributed by atoms with van der Waals surface area (Å²) in [5.41, 5.74) is 0.0277. The highest BCUT2D eigenvalue weighted by atomic mass is 19.1. The van der Waals surface area contributed by atoms with Gasteiger partial charge in [0.1, 0.15) is 12.4 Å². The molecule has 21 heavy (non-hydrogen) atoms. The quantitative estimate of drug-likeness (QED) is 0.662. The van der Waals surface area contributed by atoms with Crippen LogP contribution in [0.25, 0.3) is 0 Å². The molecule has 2 amide bonds. The van der Waals surface area contributed by atoms with Gasteiger partial charge in [0.15, 0.2) is 0 Å². The van der Waals surface area contributed by atoms with Gasteiger partial charge in [-0.15, -0.1) is 0 Å². The maximum atomic E-state index is 13.8. The lowest BCUT2D eigenvalue weighted by Crippen LogP contribution is -2.32. The van der Waals surface area contributed by atoms with Crippen LogP contribution in [0, 0.1) is 23.1 Å². The van der Waals surface area contributed by atoms with Gasteiger partial charge in [0.2, 0.25) is 11.8 Å². The molecule has 2 rings (SSSR count). The number of halogens is 1. The molecule has 1 aliphatic rings. The number of aliphatic hydroxyl groups is 1. The van der Waals surface area contributed by atoms with E-state index in [2.05, 4.69) is 11.8 Å². The first-order valence-corrected chi connectivity index (χ1v) is 6.58. The molecule has 5 heteroatoms. The number of hydrogen-bond donors (Lipinski definition) is 1. The van der Waals surface area contributed by atoms with E-state index in [-0.39, 0.29) is 37.0 Å². The molecule has 0 bridgehead atoms. The standard InChI is InChI=1S/C16H16FNO3/c1-16(2)9-14(20)18(15(16)21)10-12-8-11(4-3-7-19)5-6-13(12)17/h5-6,8,19H,7,9-10H2,1-2H3. The van der Waals surface area contributed by atoms with Crippen LogP contribution < -0.4 is 0 Å². The average Bonchev–Trinajstić information content (AvgIpc) is 2.61. The van der Waals surface area contributed by atoms with Crippen molar-refractivity contribution in [2.75, 3.05) is 6.61 Å². The van der Waals surface area contributed by atoms with Crippen LogP contribution in [0.5, 0.6) is 0 Å².